The van der Waals surface area contributed by atoms with Crippen molar-refractivity contribution in [2.75, 3.05) is 18.1 Å². The Labute approximate surface area is 118 Å². The molecule has 0 aliphatic rings. The average molecular weight is 286 g/mol. The molecule has 0 aliphatic carbocycles. The molecule has 1 aromatic heterocycles. The van der Waals surface area contributed by atoms with Crippen LogP contribution in [0.4, 0.5) is 4.79 Å². The molecule has 0 bridgehead atoms. The molecule has 2 atom stereocenters. The first kappa shape index (κ1) is 15.9. The number of carbonyl (C=O) groups excluding carboxylic acids is 1. The van der Waals surface area contributed by atoms with Gasteiger partial charge in [0, 0.05) is 6.04 Å². The topological polar surface area (TPSA) is 74.5 Å². The largest absolute Gasteiger partial charge is 0.467 e. The van der Waals surface area contributed by atoms with Crippen LogP contribution in [0, 0.1) is 0 Å². The van der Waals surface area contributed by atoms with Crippen LogP contribution < -0.4 is 10.6 Å². The zero-order valence-corrected chi connectivity index (χ0v) is 12.2. The van der Waals surface area contributed by atoms with Crippen LogP contribution in [0.1, 0.15) is 32.1 Å². The Kier molecular flexibility index (Phi) is 7.43. The number of hydrogen-bond acceptors (Lipinski definition) is 4. The van der Waals surface area contributed by atoms with E-state index in [-0.39, 0.29) is 18.6 Å². The van der Waals surface area contributed by atoms with Gasteiger partial charge in [-0.25, -0.2) is 4.79 Å². The van der Waals surface area contributed by atoms with Crippen molar-refractivity contribution in [1.29, 1.82) is 0 Å². The molecular weight excluding hydrogens is 264 g/mol. The van der Waals surface area contributed by atoms with Gasteiger partial charge in [-0.05, 0) is 37.0 Å². The van der Waals surface area contributed by atoms with Crippen molar-refractivity contribution in [3.63, 3.8) is 0 Å². The molecule has 3 N–H and O–H groups in total. The van der Waals surface area contributed by atoms with Gasteiger partial charge in [0.25, 0.3) is 0 Å². The molecule has 1 rings (SSSR count). The number of rotatable bonds is 8. The second-order valence-electron chi connectivity index (χ2n) is 4.27. The highest BCUT2D eigenvalue weighted by atomic mass is 32.2. The van der Waals surface area contributed by atoms with Crippen LogP contribution in [-0.2, 0) is 0 Å². The third-order valence-corrected chi connectivity index (χ3v) is 3.54. The lowest BCUT2D eigenvalue weighted by Crippen LogP contribution is -2.42. The third-order valence-electron chi connectivity index (χ3n) is 2.60. The second kappa shape index (κ2) is 8.87. The number of thioether (sulfide) groups is 1. The van der Waals surface area contributed by atoms with Crippen LogP contribution in [0.15, 0.2) is 22.8 Å². The number of amides is 2. The Morgan fingerprint density at radius 2 is 2.37 bits per heavy atom. The molecular formula is C13H22N2O3S. The van der Waals surface area contributed by atoms with Gasteiger partial charge in [0.2, 0.25) is 0 Å². The lowest BCUT2D eigenvalue weighted by molar-refractivity contribution is 0.147. The van der Waals surface area contributed by atoms with Crippen LogP contribution in [0.5, 0.6) is 0 Å². The first-order valence-corrected chi connectivity index (χ1v) is 7.62. The molecule has 0 fully saturated rings. The molecule has 6 heteroatoms. The number of carbonyl (C=O) groups is 1. The van der Waals surface area contributed by atoms with E-state index in [9.17, 15) is 9.90 Å². The molecule has 2 unspecified atom stereocenters. The van der Waals surface area contributed by atoms with E-state index in [0.29, 0.717) is 5.76 Å². The molecule has 0 spiro atoms. The first-order valence-electron chi connectivity index (χ1n) is 6.47. The molecule has 0 saturated heterocycles. The highest BCUT2D eigenvalue weighted by molar-refractivity contribution is 7.99. The molecule has 19 heavy (non-hydrogen) atoms. The van der Waals surface area contributed by atoms with Crippen molar-refractivity contribution in [3.05, 3.63) is 24.2 Å². The van der Waals surface area contributed by atoms with Gasteiger partial charge in [-0.1, -0.05) is 6.92 Å². The van der Waals surface area contributed by atoms with Gasteiger partial charge in [-0.2, -0.15) is 11.8 Å². The Bertz CT molecular complexity index is 357. The molecule has 0 aliphatic heterocycles. The maximum Gasteiger partial charge on any atom is 0.315 e. The number of aliphatic hydroxyl groups is 1. The fourth-order valence-corrected chi connectivity index (χ4v) is 2.33. The van der Waals surface area contributed by atoms with Crippen LogP contribution in [0.25, 0.3) is 0 Å². The van der Waals surface area contributed by atoms with Crippen LogP contribution in [0.3, 0.4) is 0 Å². The molecule has 0 radical (unpaired) electrons. The number of urea groups is 1. The van der Waals surface area contributed by atoms with E-state index in [0.717, 1.165) is 17.9 Å². The Balaban J connectivity index is 2.17. The van der Waals surface area contributed by atoms with Crippen LogP contribution in [-0.4, -0.2) is 35.2 Å². The summed E-state index contributed by atoms with van der Waals surface area (Å²) in [5.74, 6) is 2.58. The fraction of sp³-hybridized carbons (Fsp3) is 0.615. The highest BCUT2D eigenvalue weighted by Gasteiger charge is 2.12. The summed E-state index contributed by atoms with van der Waals surface area (Å²) in [6.07, 6.45) is 1.62. The standard InChI is InChI=1S/C13H22N2O3S/c1-3-19-8-6-10(2)15-13(17)14-9-11(16)12-5-4-7-18-12/h4-5,7,10-11,16H,3,6,8-9H2,1-2H3,(H2,14,15,17). The minimum atomic E-state index is -0.813. The lowest BCUT2D eigenvalue weighted by atomic mass is 10.2. The highest BCUT2D eigenvalue weighted by Crippen LogP contribution is 2.11. The number of hydrogen-bond donors (Lipinski definition) is 3. The summed E-state index contributed by atoms with van der Waals surface area (Å²) in [5, 5.41) is 15.2. The Morgan fingerprint density at radius 1 is 1.58 bits per heavy atom. The van der Waals surface area contributed by atoms with E-state index in [1.54, 1.807) is 12.1 Å². The SMILES string of the molecule is CCSCCC(C)NC(=O)NCC(O)c1ccco1. The summed E-state index contributed by atoms with van der Waals surface area (Å²) in [7, 11) is 0. The summed E-state index contributed by atoms with van der Waals surface area (Å²) in [6.45, 7) is 4.22. The molecule has 108 valence electrons. The number of aliphatic hydroxyl groups excluding tert-OH is 1. The average Bonchev–Trinajstić information content (AvgIpc) is 2.90. The molecule has 2 amide bonds. The van der Waals surface area contributed by atoms with Gasteiger partial charge in [-0.3, -0.25) is 0 Å². The predicted octanol–water partition coefficient (Wildman–Crippen LogP) is 2.14. The second-order valence-corrected chi connectivity index (χ2v) is 5.67. The van der Waals surface area contributed by atoms with Gasteiger partial charge in [-0.15, -0.1) is 0 Å². The molecule has 1 aromatic rings. The Morgan fingerprint density at radius 3 is 3.00 bits per heavy atom. The fourth-order valence-electron chi connectivity index (χ4n) is 1.52. The number of furan rings is 1. The summed E-state index contributed by atoms with van der Waals surface area (Å²) < 4.78 is 5.05. The zero-order valence-electron chi connectivity index (χ0n) is 11.4. The van der Waals surface area contributed by atoms with Gasteiger partial charge in [0.1, 0.15) is 11.9 Å². The van der Waals surface area contributed by atoms with E-state index in [2.05, 4.69) is 17.6 Å². The molecule has 0 saturated carbocycles. The van der Waals surface area contributed by atoms with Crippen LogP contribution in [0.2, 0.25) is 0 Å². The van der Waals surface area contributed by atoms with Gasteiger partial charge in [0.05, 0.1) is 12.8 Å². The van der Waals surface area contributed by atoms with Crippen molar-refractivity contribution in [1.82, 2.24) is 10.6 Å². The Hall–Kier alpha value is -1.14. The molecule has 0 aromatic carbocycles. The zero-order chi connectivity index (χ0) is 14.1. The van der Waals surface area contributed by atoms with E-state index in [4.69, 9.17) is 4.42 Å². The summed E-state index contributed by atoms with van der Waals surface area (Å²) in [6, 6.07) is 3.24. The van der Waals surface area contributed by atoms with Gasteiger partial charge < -0.3 is 20.2 Å². The summed E-state index contributed by atoms with van der Waals surface area (Å²) >= 11 is 1.86. The van der Waals surface area contributed by atoms with Crippen molar-refractivity contribution < 1.29 is 14.3 Å². The van der Waals surface area contributed by atoms with E-state index >= 15 is 0 Å². The van der Waals surface area contributed by atoms with E-state index in [1.165, 1.54) is 6.26 Å². The van der Waals surface area contributed by atoms with Crippen molar-refractivity contribution in [2.24, 2.45) is 0 Å². The molecule has 5 nitrogen and oxygen atoms in total. The van der Waals surface area contributed by atoms with Crippen molar-refractivity contribution >= 4 is 17.8 Å². The van der Waals surface area contributed by atoms with Gasteiger partial charge >= 0.3 is 6.03 Å². The van der Waals surface area contributed by atoms with Crippen LogP contribution >= 0.6 is 11.8 Å². The lowest BCUT2D eigenvalue weighted by Gasteiger charge is -2.15. The summed E-state index contributed by atoms with van der Waals surface area (Å²) in [4.78, 5) is 11.6. The molecule has 1 heterocycles. The quantitative estimate of drug-likeness (QED) is 0.640. The predicted molar refractivity (Wildman–Crippen MR) is 77.3 cm³/mol. The summed E-state index contributed by atoms with van der Waals surface area (Å²) in [5.41, 5.74) is 0. The number of nitrogens with one attached hydrogen (secondary N) is 2. The first-order chi connectivity index (χ1) is 9.13. The third kappa shape index (κ3) is 6.54. The minimum Gasteiger partial charge on any atom is -0.467 e. The van der Waals surface area contributed by atoms with E-state index < -0.39 is 6.10 Å². The van der Waals surface area contributed by atoms with Crippen molar-refractivity contribution in [3.8, 4) is 0 Å². The van der Waals surface area contributed by atoms with E-state index in [1.807, 2.05) is 18.7 Å². The maximum atomic E-state index is 11.6. The smallest absolute Gasteiger partial charge is 0.315 e. The minimum absolute atomic E-state index is 0.125. The normalized spacial score (nSPS) is 13.8. The van der Waals surface area contributed by atoms with Crippen molar-refractivity contribution in [2.45, 2.75) is 32.4 Å². The van der Waals surface area contributed by atoms with Gasteiger partial charge in [0.15, 0.2) is 0 Å². The monoisotopic (exact) mass is 286 g/mol. The maximum absolute atomic E-state index is 11.6.